The van der Waals surface area contributed by atoms with Gasteiger partial charge in [-0.2, -0.15) is 0 Å². The van der Waals surface area contributed by atoms with Crippen LogP contribution in [0, 0.1) is 0 Å². The van der Waals surface area contributed by atoms with Crippen LogP contribution in [0.25, 0.3) is 22.2 Å². The highest BCUT2D eigenvalue weighted by molar-refractivity contribution is 9.10. The molecule has 0 spiro atoms. The summed E-state index contributed by atoms with van der Waals surface area (Å²) in [6.45, 7) is -0.371. The molecule has 0 aliphatic heterocycles. The third kappa shape index (κ3) is 4.73. The van der Waals surface area contributed by atoms with Gasteiger partial charge in [-0.1, -0.05) is 52.3 Å². The smallest absolute Gasteiger partial charge is 0.339 e. The average Bonchev–Trinajstić information content (AvgIpc) is 2.86. The number of carbonyl (C=O) groups is 2. The molecule has 33 heavy (non-hydrogen) atoms. The molecule has 0 atom stereocenters. The second-order valence-corrected chi connectivity index (χ2v) is 7.98. The molecule has 4 rings (SSSR count). The number of halogens is 1. The zero-order chi connectivity index (χ0) is 23.4. The van der Waals surface area contributed by atoms with Crippen molar-refractivity contribution in [3.8, 4) is 22.8 Å². The summed E-state index contributed by atoms with van der Waals surface area (Å²) in [5, 5.41) is 0.639. The minimum Gasteiger partial charge on any atom is -0.493 e. The largest absolute Gasteiger partial charge is 0.493 e. The molecule has 0 bridgehead atoms. The number of benzene rings is 3. The number of Topliss-reactive ketones (excluding diaryl/α,β-unsaturated/α-hetero) is 1. The average molecular weight is 506 g/mol. The normalized spacial score (nSPS) is 10.6. The van der Waals surface area contributed by atoms with Gasteiger partial charge >= 0.3 is 5.97 Å². The highest BCUT2D eigenvalue weighted by Gasteiger charge is 2.18. The Hall–Kier alpha value is -3.71. The summed E-state index contributed by atoms with van der Waals surface area (Å²) in [6, 6.07) is 21.4. The molecule has 0 unspecified atom stereocenters. The molecule has 166 valence electrons. The van der Waals surface area contributed by atoms with Crippen molar-refractivity contribution in [2.24, 2.45) is 0 Å². The van der Waals surface area contributed by atoms with Gasteiger partial charge in [0.1, 0.15) is 0 Å². The van der Waals surface area contributed by atoms with Gasteiger partial charge in [0.25, 0.3) is 0 Å². The number of ketones is 1. The molecular weight excluding hydrogens is 486 g/mol. The summed E-state index contributed by atoms with van der Waals surface area (Å²) in [5.74, 6) is 0.241. The summed E-state index contributed by atoms with van der Waals surface area (Å²) >= 11 is 3.35. The van der Waals surface area contributed by atoms with Gasteiger partial charge in [-0.25, -0.2) is 9.78 Å². The first kappa shape index (κ1) is 22.5. The molecule has 4 aromatic rings. The van der Waals surface area contributed by atoms with Crippen LogP contribution in [0.1, 0.15) is 20.7 Å². The first-order valence-electron chi connectivity index (χ1n) is 10.1. The van der Waals surface area contributed by atoms with Gasteiger partial charge < -0.3 is 14.2 Å². The summed E-state index contributed by atoms with van der Waals surface area (Å²) in [5.41, 5.74) is 2.73. The molecule has 1 aromatic heterocycles. The molecule has 0 fully saturated rings. The highest BCUT2D eigenvalue weighted by atomic mass is 79.9. The summed E-state index contributed by atoms with van der Waals surface area (Å²) < 4.78 is 16.7. The standard InChI is InChI=1S/C26H20BrNO5/c1-31-24-12-11-16(13-25(24)32-2)22-14-19(17-7-4-6-10-21(17)28-22)26(30)33-15-23(29)18-8-3-5-9-20(18)27/h3-14H,15H2,1-2H3. The van der Waals surface area contributed by atoms with E-state index < -0.39 is 5.97 Å². The number of ether oxygens (including phenoxy) is 3. The van der Waals surface area contributed by atoms with Gasteiger partial charge in [-0.3, -0.25) is 4.79 Å². The molecular formula is C26H20BrNO5. The molecule has 0 aliphatic rings. The van der Waals surface area contributed by atoms with E-state index >= 15 is 0 Å². The van der Waals surface area contributed by atoms with Crippen molar-refractivity contribution in [2.45, 2.75) is 0 Å². The van der Waals surface area contributed by atoms with Gasteiger partial charge in [0.2, 0.25) is 5.78 Å². The quantitative estimate of drug-likeness (QED) is 0.236. The van der Waals surface area contributed by atoms with Gasteiger partial charge in [-0.15, -0.1) is 0 Å². The van der Waals surface area contributed by atoms with Gasteiger partial charge in [0, 0.05) is 21.0 Å². The molecule has 6 nitrogen and oxygen atoms in total. The van der Waals surface area contributed by atoms with Crippen LogP contribution in [0.15, 0.2) is 77.3 Å². The number of pyridine rings is 1. The molecule has 0 amide bonds. The zero-order valence-electron chi connectivity index (χ0n) is 18.0. The van der Waals surface area contributed by atoms with E-state index in [2.05, 4.69) is 15.9 Å². The predicted molar refractivity (Wildman–Crippen MR) is 129 cm³/mol. The molecule has 0 radical (unpaired) electrons. The molecule has 7 heteroatoms. The van der Waals surface area contributed by atoms with E-state index in [1.807, 2.05) is 30.3 Å². The second-order valence-electron chi connectivity index (χ2n) is 7.12. The third-order valence-electron chi connectivity index (χ3n) is 5.12. The van der Waals surface area contributed by atoms with E-state index in [4.69, 9.17) is 19.2 Å². The fraction of sp³-hybridized carbons (Fsp3) is 0.115. The van der Waals surface area contributed by atoms with Crippen molar-refractivity contribution < 1.29 is 23.8 Å². The Morgan fingerprint density at radius 3 is 2.33 bits per heavy atom. The Balaban J connectivity index is 1.68. The monoisotopic (exact) mass is 505 g/mol. The van der Waals surface area contributed by atoms with Gasteiger partial charge in [0.15, 0.2) is 18.1 Å². The number of rotatable bonds is 7. The lowest BCUT2D eigenvalue weighted by Crippen LogP contribution is -2.15. The maximum atomic E-state index is 13.0. The molecule has 0 aliphatic carbocycles. The first-order valence-corrected chi connectivity index (χ1v) is 10.9. The summed E-state index contributed by atoms with van der Waals surface area (Å²) in [6.07, 6.45) is 0. The number of aromatic nitrogens is 1. The lowest BCUT2D eigenvalue weighted by molar-refractivity contribution is 0.0476. The fourth-order valence-corrected chi connectivity index (χ4v) is 3.97. The molecule has 0 saturated carbocycles. The molecule has 0 N–H and O–H groups in total. The van der Waals surface area contributed by atoms with E-state index in [1.54, 1.807) is 56.7 Å². The minimum atomic E-state index is -0.601. The van der Waals surface area contributed by atoms with Crippen molar-refractivity contribution >= 4 is 38.6 Å². The molecule has 0 saturated heterocycles. The highest BCUT2D eigenvalue weighted by Crippen LogP contribution is 2.33. The van der Waals surface area contributed by atoms with Crippen molar-refractivity contribution in [1.29, 1.82) is 0 Å². The van der Waals surface area contributed by atoms with Crippen LogP contribution in [0.2, 0.25) is 0 Å². The van der Waals surface area contributed by atoms with Crippen LogP contribution in [-0.2, 0) is 4.74 Å². The van der Waals surface area contributed by atoms with E-state index in [-0.39, 0.29) is 12.4 Å². The summed E-state index contributed by atoms with van der Waals surface area (Å²) in [4.78, 5) is 30.3. The number of hydrogen-bond donors (Lipinski definition) is 0. The van der Waals surface area contributed by atoms with Gasteiger partial charge in [0.05, 0.1) is 31.0 Å². The predicted octanol–water partition coefficient (Wildman–Crippen LogP) is 5.72. The number of nitrogens with zero attached hydrogens (tertiary/aromatic N) is 1. The van der Waals surface area contributed by atoms with Crippen LogP contribution >= 0.6 is 15.9 Å². The van der Waals surface area contributed by atoms with Crippen LogP contribution < -0.4 is 9.47 Å². The van der Waals surface area contributed by atoms with E-state index in [9.17, 15) is 9.59 Å². The van der Waals surface area contributed by atoms with E-state index in [0.717, 1.165) is 5.56 Å². The zero-order valence-corrected chi connectivity index (χ0v) is 19.6. The second kappa shape index (κ2) is 9.83. The molecule has 1 heterocycles. The maximum Gasteiger partial charge on any atom is 0.339 e. The minimum absolute atomic E-state index is 0.297. The van der Waals surface area contributed by atoms with Crippen LogP contribution in [-0.4, -0.2) is 37.6 Å². The van der Waals surface area contributed by atoms with Crippen molar-refractivity contribution in [2.75, 3.05) is 20.8 Å². The Morgan fingerprint density at radius 1 is 0.848 bits per heavy atom. The van der Waals surface area contributed by atoms with E-state index in [1.165, 1.54) is 0 Å². The Labute approximate surface area is 199 Å². The maximum absolute atomic E-state index is 13.0. The van der Waals surface area contributed by atoms with Gasteiger partial charge in [-0.05, 0) is 36.4 Å². The number of hydrogen-bond acceptors (Lipinski definition) is 6. The fourth-order valence-electron chi connectivity index (χ4n) is 3.46. The van der Waals surface area contributed by atoms with Crippen LogP contribution in [0.4, 0.5) is 0 Å². The number of esters is 1. The Kier molecular flexibility index (Phi) is 6.70. The van der Waals surface area contributed by atoms with E-state index in [0.29, 0.717) is 43.7 Å². The number of carbonyl (C=O) groups excluding carboxylic acids is 2. The van der Waals surface area contributed by atoms with Crippen LogP contribution in [0.5, 0.6) is 11.5 Å². The Bertz CT molecular complexity index is 1350. The SMILES string of the molecule is COc1ccc(-c2cc(C(=O)OCC(=O)c3ccccc3Br)c3ccccc3n2)cc1OC. The third-order valence-corrected chi connectivity index (χ3v) is 5.82. The number of para-hydroxylation sites is 1. The van der Waals surface area contributed by atoms with Crippen molar-refractivity contribution in [3.05, 3.63) is 88.4 Å². The number of methoxy groups -OCH3 is 2. The van der Waals surface area contributed by atoms with Crippen molar-refractivity contribution in [1.82, 2.24) is 4.98 Å². The topological polar surface area (TPSA) is 74.7 Å². The van der Waals surface area contributed by atoms with Crippen molar-refractivity contribution in [3.63, 3.8) is 0 Å². The summed E-state index contributed by atoms with van der Waals surface area (Å²) in [7, 11) is 3.12. The lowest BCUT2D eigenvalue weighted by atomic mass is 10.0. The van der Waals surface area contributed by atoms with Crippen LogP contribution in [0.3, 0.4) is 0 Å². The Morgan fingerprint density at radius 2 is 1.58 bits per heavy atom. The lowest BCUT2D eigenvalue weighted by Gasteiger charge is -2.12. The first-order chi connectivity index (χ1) is 16.0. The number of fused-ring (bicyclic) bond motifs is 1. The molecule has 3 aromatic carbocycles.